The second kappa shape index (κ2) is 4.78. The molecular weight excluding hydrogens is 248 g/mol. The lowest BCUT2D eigenvalue weighted by Crippen LogP contribution is -2.06. The van der Waals surface area contributed by atoms with Crippen molar-refractivity contribution in [1.29, 1.82) is 0 Å². The third-order valence-electron chi connectivity index (χ3n) is 2.51. The van der Waals surface area contributed by atoms with Crippen LogP contribution in [0.5, 0.6) is 0 Å². The van der Waals surface area contributed by atoms with Crippen LogP contribution in [0.4, 0.5) is 17.6 Å². The number of aliphatic hydroxyl groups excluding tert-OH is 1. The van der Waals surface area contributed by atoms with E-state index in [1.807, 2.05) is 0 Å². The first kappa shape index (κ1) is 12.6. The van der Waals surface area contributed by atoms with Gasteiger partial charge in [0.2, 0.25) is 0 Å². The molecule has 0 saturated carbocycles. The summed E-state index contributed by atoms with van der Waals surface area (Å²) in [6.07, 6.45) is -1.77. The highest BCUT2D eigenvalue weighted by Crippen LogP contribution is 2.27. The standard InChI is InChI=1S/C13H8F4O/c14-7-1-3-11(16)9(5-7)13(18)10-6-8(15)2-4-12(10)17/h1-6,13,18H. The first-order chi connectivity index (χ1) is 8.49. The lowest BCUT2D eigenvalue weighted by Gasteiger charge is -2.13. The normalized spacial score (nSPS) is 11.0. The molecule has 0 spiro atoms. The zero-order valence-electron chi connectivity index (χ0n) is 9.00. The average Bonchev–Trinajstić information content (AvgIpc) is 2.34. The van der Waals surface area contributed by atoms with Crippen LogP contribution in [-0.2, 0) is 0 Å². The lowest BCUT2D eigenvalue weighted by molar-refractivity contribution is 0.208. The summed E-state index contributed by atoms with van der Waals surface area (Å²) in [4.78, 5) is 0. The van der Waals surface area contributed by atoms with Crippen molar-refractivity contribution in [2.24, 2.45) is 0 Å². The van der Waals surface area contributed by atoms with E-state index in [9.17, 15) is 22.7 Å². The van der Waals surface area contributed by atoms with Gasteiger partial charge in [-0.25, -0.2) is 17.6 Å². The van der Waals surface area contributed by atoms with E-state index in [0.29, 0.717) is 0 Å². The number of hydrogen-bond acceptors (Lipinski definition) is 1. The van der Waals surface area contributed by atoms with E-state index in [4.69, 9.17) is 0 Å². The maximum absolute atomic E-state index is 13.4. The van der Waals surface area contributed by atoms with Gasteiger partial charge in [0, 0.05) is 11.1 Å². The minimum Gasteiger partial charge on any atom is -0.383 e. The molecule has 0 radical (unpaired) electrons. The summed E-state index contributed by atoms with van der Waals surface area (Å²) in [5, 5.41) is 9.79. The van der Waals surface area contributed by atoms with Gasteiger partial charge >= 0.3 is 0 Å². The Labute approximate surface area is 100 Å². The maximum atomic E-state index is 13.4. The Balaban J connectivity index is 2.50. The topological polar surface area (TPSA) is 20.2 Å². The maximum Gasteiger partial charge on any atom is 0.129 e. The summed E-state index contributed by atoms with van der Waals surface area (Å²) >= 11 is 0. The van der Waals surface area contributed by atoms with Crippen molar-refractivity contribution >= 4 is 0 Å². The van der Waals surface area contributed by atoms with Gasteiger partial charge in [-0.2, -0.15) is 0 Å². The third-order valence-corrected chi connectivity index (χ3v) is 2.51. The highest BCUT2D eigenvalue weighted by atomic mass is 19.1. The first-order valence-corrected chi connectivity index (χ1v) is 5.07. The SMILES string of the molecule is OC(c1cc(F)ccc1F)c1cc(F)ccc1F. The van der Waals surface area contributed by atoms with Crippen LogP contribution < -0.4 is 0 Å². The Morgan fingerprint density at radius 1 is 0.722 bits per heavy atom. The molecular formula is C13H8F4O. The average molecular weight is 256 g/mol. The first-order valence-electron chi connectivity index (χ1n) is 5.07. The summed E-state index contributed by atoms with van der Waals surface area (Å²) in [6, 6.07) is 4.84. The second-order valence-corrected chi connectivity index (χ2v) is 3.73. The van der Waals surface area contributed by atoms with Crippen LogP contribution in [-0.4, -0.2) is 5.11 Å². The zero-order chi connectivity index (χ0) is 13.3. The lowest BCUT2D eigenvalue weighted by atomic mass is 10.0. The predicted molar refractivity (Wildman–Crippen MR) is 56.8 cm³/mol. The largest absolute Gasteiger partial charge is 0.383 e. The molecule has 0 fully saturated rings. The van der Waals surface area contributed by atoms with Crippen LogP contribution in [0, 0.1) is 23.3 Å². The van der Waals surface area contributed by atoms with Crippen molar-refractivity contribution in [2.75, 3.05) is 0 Å². The fourth-order valence-electron chi connectivity index (χ4n) is 1.62. The van der Waals surface area contributed by atoms with Gasteiger partial charge in [0.05, 0.1) is 0 Å². The van der Waals surface area contributed by atoms with Gasteiger partial charge < -0.3 is 5.11 Å². The molecule has 0 aliphatic carbocycles. The van der Waals surface area contributed by atoms with Gasteiger partial charge in [-0.1, -0.05) is 0 Å². The molecule has 2 aromatic rings. The van der Waals surface area contributed by atoms with E-state index in [0.717, 1.165) is 36.4 Å². The van der Waals surface area contributed by atoms with Crippen molar-refractivity contribution in [2.45, 2.75) is 6.10 Å². The highest BCUT2D eigenvalue weighted by molar-refractivity contribution is 5.32. The zero-order valence-corrected chi connectivity index (χ0v) is 9.00. The van der Waals surface area contributed by atoms with Crippen molar-refractivity contribution < 1.29 is 22.7 Å². The molecule has 0 saturated heterocycles. The number of hydrogen-bond donors (Lipinski definition) is 1. The predicted octanol–water partition coefficient (Wildman–Crippen LogP) is 3.32. The van der Waals surface area contributed by atoms with Crippen molar-refractivity contribution in [3.63, 3.8) is 0 Å². The minimum absolute atomic E-state index is 0.445. The molecule has 0 amide bonds. The van der Waals surface area contributed by atoms with E-state index in [2.05, 4.69) is 0 Å². The molecule has 1 nitrogen and oxygen atoms in total. The van der Waals surface area contributed by atoms with E-state index < -0.39 is 40.5 Å². The third kappa shape index (κ3) is 2.36. The summed E-state index contributed by atoms with van der Waals surface area (Å²) in [5.41, 5.74) is -0.890. The molecule has 0 unspecified atom stereocenters. The molecule has 0 aliphatic heterocycles. The van der Waals surface area contributed by atoms with Crippen LogP contribution in [0.3, 0.4) is 0 Å². The van der Waals surface area contributed by atoms with Crippen LogP contribution in [0.25, 0.3) is 0 Å². The Kier molecular flexibility index (Phi) is 3.34. The van der Waals surface area contributed by atoms with Gasteiger partial charge in [-0.3, -0.25) is 0 Å². The van der Waals surface area contributed by atoms with E-state index in [1.54, 1.807) is 0 Å². The molecule has 18 heavy (non-hydrogen) atoms. The van der Waals surface area contributed by atoms with Gasteiger partial charge in [0.1, 0.15) is 29.4 Å². The Morgan fingerprint density at radius 3 is 1.50 bits per heavy atom. The Morgan fingerprint density at radius 2 is 1.11 bits per heavy atom. The van der Waals surface area contributed by atoms with Crippen LogP contribution in [0.15, 0.2) is 36.4 Å². The van der Waals surface area contributed by atoms with E-state index in [1.165, 1.54) is 0 Å². The summed E-state index contributed by atoms with van der Waals surface area (Å²) in [7, 11) is 0. The van der Waals surface area contributed by atoms with Gasteiger partial charge in [-0.05, 0) is 36.4 Å². The monoisotopic (exact) mass is 256 g/mol. The molecule has 5 heteroatoms. The number of halogens is 4. The van der Waals surface area contributed by atoms with E-state index >= 15 is 0 Å². The molecule has 0 heterocycles. The van der Waals surface area contributed by atoms with Gasteiger partial charge in [-0.15, -0.1) is 0 Å². The quantitative estimate of drug-likeness (QED) is 0.817. The van der Waals surface area contributed by atoms with Crippen molar-refractivity contribution in [3.8, 4) is 0 Å². The fraction of sp³-hybridized carbons (Fsp3) is 0.0769. The number of benzene rings is 2. The smallest absolute Gasteiger partial charge is 0.129 e. The summed E-state index contributed by atoms with van der Waals surface area (Å²) in [6.45, 7) is 0. The van der Waals surface area contributed by atoms with Crippen LogP contribution in [0.2, 0.25) is 0 Å². The second-order valence-electron chi connectivity index (χ2n) is 3.73. The minimum atomic E-state index is -1.77. The van der Waals surface area contributed by atoms with Crippen LogP contribution >= 0.6 is 0 Å². The molecule has 0 bridgehead atoms. The molecule has 1 N–H and O–H groups in total. The van der Waals surface area contributed by atoms with Crippen molar-refractivity contribution in [1.82, 2.24) is 0 Å². The number of rotatable bonds is 2. The molecule has 94 valence electrons. The van der Waals surface area contributed by atoms with Gasteiger partial charge in [0.25, 0.3) is 0 Å². The van der Waals surface area contributed by atoms with Crippen LogP contribution in [0.1, 0.15) is 17.2 Å². The molecule has 0 aromatic heterocycles. The molecule has 0 aliphatic rings. The van der Waals surface area contributed by atoms with Crippen molar-refractivity contribution in [3.05, 3.63) is 70.8 Å². The molecule has 2 rings (SSSR count). The Hall–Kier alpha value is -1.88. The number of aliphatic hydroxyl groups is 1. The molecule has 0 atom stereocenters. The highest BCUT2D eigenvalue weighted by Gasteiger charge is 2.19. The van der Waals surface area contributed by atoms with Gasteiger partial charge in [0.15, 0.2) is 0 Å². The fourth-order valence-corrected chi connectivity index (χ4v) is 1.62. The summed E-state index contributed by atoms with van der Waals surface area (Å²) in [5.74, 6) is -3.34. The Bertz CT molecular complexity index is 532. The summed E-state index contributed by atoms with van der Waals surface area (Å²) < 4.78 is 52.7. The molecule has 2 aromatic carbocycles. The van der Waals surface area contributed by atoms with E-state index in [-0.39, 0.29) is 0 Å².